The van der Waals surface area contributed by atoms with Crippen LogP contribution in [0.15, 0.2) is 42.7 Å². The van der Waals surface area contributed by atoms with E-state index in [2.05, 4.69) is 41.6 Å². The number of anilines is 1. The van der Waals surface area contributed by atoms with Crippen molar-refractivity contribution in [3.05, 3.63) is 42.7 Å². The third-order valence-electron chi connectivity index (χ3n) is 3.00. The Morgan fingerprint density at radius 2 is 1.94 bits per heavy atom. The van der Waals surface area contributed by atoms with Crippen molar-refractivity contribution >= 4 is 5.69 Å². The fourth-order valence-corrected chi connectivity index (χ4v) is 1.94. The fraction of sp³-hybridized carbons (Fsp3) is 0.400. The van der Waals surface area contributed by atoms with Gasteiger partial charge in [-0.15, -0.1) is 0 Å². The predicted octanol–water partition coefficient (Wildman–Crippen LogP) is 3.86. The lowest BCUT2D eigenvalue weighted by Gasteiger charge is -2.07. The Morgan fingerprint density at radius 3 is 2.61 bits per heavy atom. The quantitative estimate of drug-likeness (QED) is 0.748. The standard InChI is InChI=1S/C15H21N3/c1-2-3-4-5-11-16-14-7-9-15(10-8-14)18-13-6-12-17-18/h6-10,12-13,16H,2-5,11H2,1H3. The van der Waals surface area contributed by atoms with Crippen molar-refractivity contribution in [3.63, 3.8) is 0 Å². The molecule has 0 aliphatic carbocycles. The zero-order valence-electron chi connectivity index (χ0n) is 11.0. The maximum absolute atomic E-state index is 4.21. The highest BCUT2D eigenvalue weighted by Gasteiger charge is 1.96. The minimum absolute atomic E-state index is 1.06. The summed E-state index contributed by atoms with van der Waals surface area (Å²) < 4.78 is 1.87. The van der Waals surface area contributed by atoms with Gasteiger partial charge in [-0.05, 0) is 36.8 Å². The molecule has 96 valence electrons. The van der Waals surface area contributed by atoms with Crippen molar-refractivity contribution < 1.29 is 0 Å². The van der Waals surface area contributed by atoms with Crippen LogP contribution in [-0.2, 0) is 0 Å². The normalized spacial score (nSPS) is 10.5. The van der Waals surface area contributed by atoms with E-state index in [0.29, 0.717) is 0 Å². The topological polar surface area (TPSA) is 29.9 Å². The Kier molecular flexibility index (Phi) is 4.82. The van der Waals surface area contributed by atoms with Crippen molar-refractivity contribution in [1.29, 1.82) is 0 Å². The van der Waals surface area contributed by atoms with Crippen LogP contribution in [0, 0.1) is 0 Å². The van der Waals surface area contributed by atoms with Gasteiger partial charge in [0.1, 0.15) is 0 Å². The van der Waals surface area contributed by atoms with Gasteiger partial charge in [-0.1, -0.05) is 26.2 Å². The summed E-state index contributed by atoms with van der Waals surface area (Å²) >= 11 is 0. The van der Waals surface area contributed by atoms with Crippen LogP contribution >= 0.6 is 0 Å². The second-order valence-corrected chi connectivity index (χ2v) is 4.48. The van der Waals surface area contributed by atoms with E-state index in [4.69, 9.17) is 0 Å². The molecule has 0 radical (unpaired) electrons. The second-order valence-electron chi connectivity index (χ2n) is 4.48. The SMILES string of the molecule is CCCCCCNc1ccc(-n2cccn2)cc1. The van der Waals surface area contributed by atoms with Crippen LogP contribution in [0.4, 0.5) is 5.69 Å². The van der Waals surface area contributed by atoms with Crippen LogP contribution in [0.2, 0.25) is 0 Å². The van der Waals surface area contributed by atoms with Crippen LogP contribution < -0.4 is 5.32 Å². The number of nitrogens with zero attached hydrogens (tertiary/aromatic N) is 2. The number of hydrogen-bond acceptors (Lipinski definition) is 2. The second kappa shape index (κ2) is 6.84. The fourth-order valence-electron chi connectivity index (χ4n) is 1.94. The first-order chi connectivity index (χ1) is 8.90. The number of nitrogens with one attached hydrogen (secondary N) is 1. The highest BCUT2D eigenvalue weighted by atomic mass is 15.3. The van der Waals surface area contributed by atoms with Crippen molar-refractivity contribution in [3.8, 4) is 5.69 Å². The van der Waals surface area contributed by atoms with Crippen LogP contribution in [0.25, 0.3) is 5.69 Å². The molecular weight excluding hydrogens is 222 g/mol. The maximum Gasteiger partial charge on any atom is 0.0647 e. The Hall–Kier alpha value is -1.77. The van der Waals surface area contributed by atoms with Crippen molar-refractivity contribution in [2.45, 2.75) is 32.6 Å². The molecule has 3 heteroatoms. The summed E-state index contributed by atoms with van der Waals surface area (Å²) in [6.45, 7) is 3.29. The number of aromatic nitrogens is 2. The van der Waals surface area contributed by atoms with Gasteiger partial charge in [0.25, 0.3) is 0 Å². The van der Waals surface area contributed by atoms with Crippen LogP contribution in [-0.4, -0.2) is 16.3 Å². The summed E-state index contributed by atoms with van der Waals surface area (Å²) in [6, 6.07) is 10.3. The van der Waals surface area contributed by atoms with Gasteiger partial charge in [-0.3, -0.25) is 0 Å². The Labute approximate surface area is 109 Å². The van der Waals surface area contributed by atoms with Crippen molar-refractivity contribution in [1.82, 2.24) is 9.78 Å². The van der Waals surface area contributed by atoms with Gasteiger partial charge in [-0.2, -0.15) is 5.10 Å². The molecule has 0 fully saturated rings. The Morgan fingerprint density at radius 1 is 1.11 bits per heavy atom. The van der Waals surface area contributed by atoms with Gasteiger partial charge in [0.2, 0.25) is 0 Å². The largest absolute Gasteiger partial charge is 0.385 e. The third kappa shape index (κ3) is 3.62. The molecule has 2 aromatic rings. The molecule has 3 nitrogen and oxygen atoms in total. The number of hydrogen-bond donors (Lipinski definition) is 1. The van der Waals surface area contributed by atoms with Gasteiger partial charge >= 0.3 is 0 Å². The molecule has 1 aromatic heterocycles. The average Bonchev–Trinajstić information content (AvgIpc) is 2.93. The van der Waals surface area contributed by atoms with E-state index in [-0.39, 0.29) is 0 Å². The molecule has 18 heavy (non-hydrogen) atoms. The van der Waals surface area contributed by atoms with Crippen LogP contribution in [0.1, 0.15) is 32.6 Å². The van der Waals surface area contributed by atoms with E-state index in [9.17, 15) is 0 Å². The molecule has 0 bridgehead atoms. The zero-order valence-corrected chi connectivity index (χ0v) is 11.0. The van der Waals surface area contributed by atoms with Crippen molar-refractivity contribution in [2.24, 2.45) is 0 Å². The van der Waals surface area contributed by atoms with Gasteiger partial charge in [-0.25, -0.2) is 4.68 Å². The Bertz CT molecular complexity index is 431. The summed E-state index contributed by atoms with van der Waals surface area (Å²) in [5.74, 6) is 0. The van der Waals surface area contributed by atoms with Gasteiger partial charge < -0.3 is 5.32 Å². The summed E-state index contributed by atoms with van der Waals surface area (Å²) in [5.41, 5.74) is 2.28. The van der Waals surface area contributed by atoms with E-state index in [0.717, 1.165) is 12.2 Å². The molecule has 0 saturated heterocycles. The van der Waals surface area contributed by atoms with E-state index < -0.39 is 0 Å². The predicted molar refractivity (Wildman–Crippen MR) is 76.2 cm³/mol. The first kappa shape index (κ1) is 12.7. The molecule has 0 saturated carbocycles. The summed E-state index contributed by atoms with van der Waals surface area (Å²) in [7, 11) is 0. The molecule has 0 unspecified atom stereocenters. The average molecular weight is 243 g/mol. The molecule has 0 atom stereocenters. The molecule has 0 aliphatic rings. The van der Waals surface area contributed by atoms with E-state index >= 15 is 0 Å². The molecule has 1 heterocycles. The van der Waals surface area contributed by atoms with E-state index in [1.54, 1.807) is 6.20 Å². The van der Waals surface area contributed by atoms with E-state index in [1.807, 2.05) is 16.9 Å². The highest BCUT2D eigenvalue weighted by molar-refractivity contribution is 5.48. The smallest absolute Gasteiger partial charge is 0.0647 e. The number of benzene rings is 1. The molecule has 1 N–H and O–H groups in total. The number of unbranched alkanes of at least 4 members (excludes halogenated alkanes) is 3. The summed E-state index contributed by atoms with van der Waals surface area (Å²) in [5, 5.41) is 7.65. The van der Waals surface area contributed by atoms with Crippen LogP contribution in [0.5, 0.6) is 0 Å². The van der Waals surface area contributed by atoms with Gasteiger partial charge in [0, 0.05) is 24.6 Å². The van der Waals surface area contributed by atoms with Gasteiger partial charge in [0.05, 0.1) is 5.69 Å². The Balaban J connectivity index is 1.81. The summed E-state index contributed by atoms with van der Waals surface area (Å²) in [6.07, 6.45) is 8.93. The molecule has 0 amide bonds. The monoisotopic (exact) mass is 243 g/mol. The molecular formula is C15H21N3. The maximum atomic E-state index is 4.21. The lowest BCUT2D eigenvalue weighted by molar-refractivity contribution is 0.685. The molecule has 0 spiro atoms. The lowest BCUT2D eigenvalue weighted by Crippen LogP contribution is -2.01. The van der Waals surface area contributed by atoms with E-state index in [1.165, 1.54) is 31.4 Å². The first-order valence-corrected chi connectivity index (χ1v) is 6.74. The zero-order chi connectivity index (χ0) is 12.6. The third-order valence-corrected chi connectivity index (χ3v) is 3.00. The first-order valence-electron chi connectivity index (χ1n) is 6.74. The molecule has 1 aromatic carbocycles. The number of rotatable bonds is 7. The van der Waals surface area contributed by atoms with Crippen LogP contribution in [0.3, 0.4) is 0 Å². The minimum Gasteiger partial charge on any atom is -0.385 e. The highest BCUT2D eigenvalue weighted by Crippen LogP contribution is 2.12. The molecule has 2 rings (SSSR count). The molecule has 0 aliphatic heterocycles. The van der Waals surface area contributed by atoms with Crippen molar-refractivity contribution in [2.75, 3.05) is 11.9 Å². The summed E-state index contributed by atoms with van der Waals surface area (Å²) in [4.78, 5) is 0. The minimum atomic E-state index is 1.06. The van der Waals surface area contributed by atoms with Gasteiger partial charge in [0.15, 0.2) is 0 Å². The lowest BCUT2D eigenvalue weighted by atomic mass is 10.2.